The Balaban J connectivity index is 1.84. The van der Waals surface area contributed by atoms with Crippen molar-refractivity contribution in [1.82, 2.24) is 16.2 Å². The van der Waals surface area contributed by atoms with Crippen LogP contribution in [0.1, 0.15) is 16.7 Å². The first kappa shape index (κ1) is 26.0. The van der Waals surface area contributed by atoms with Crippen LogP contribution < -0.4 is 21.9 Å². The molecular weight excluding hydrogens is 458 g/mol. The average molecular weight is 488 g/mol. The van der Waals surface area contributed by atoms with Gasteiger partial charge in [-0.25, -0.2) is 9.59 Å². The van der Waals surface area contributed by atoms with E-state index in [2.05, 4.69) is 21.2 Å². The van der Waals surface area contributed by atoms with Gasteiger partial charge in [0.25, 0.3) is 0 Å². The quantitative estimate of drug-likeness (QED) is 0.151. The van der Waals surface area contributed by atoms with Crippen LogP contribution in [-0.2, 0) is 29.0 Å². The van der Waals surface area contributed by atoms with Crippen LogP contribution in [0.2, 0.25) is 0 Å². The summed E-state index contributed by atoms with van der Waals surface area (Å²) in [7, 11) is 0. The fraction of sp³-hybridized carbons (Fsp3) is 0.185. The first-order valence-electron chi connectivity index (χ1n) is 11.4. The fourth-order valence-corrected chi connectivity index (χ4v) is 3.47. The van der Waals surface area contributed by atoms with Crippen LogP contribution in [0.25, 0.3) is 0 Å². The summed E-state index contributed by atoms with van der Waals surface area (Å²) < 4.78 is 5.38. The number of hydrogen-bond acceptors (Lipinski definition) is 5. The molecule has 0 spiro atoms. The molecule has 3 aromatic carbocycles. The Labute approximate surface area is 209 Å². The summed E-state index contributed by atoms with van der Waals surface area (Å²) in [5, 5.41) is 2.79. The van der Waals surface area contributed by atoms with Crippen LogP contribution in [0.4, 0.5) is 9.59 Å². The number of benzene rings is 3. The summed E-state index contributed by atoms with van der Waals surface area (Å²) in [6, 6.07) is 25.7. The molecule has 3 rings (SSSR count). The summed E-state index contributed by atoms with van der Waals surface area (Å²) in [6.45, 7) is 0.0785. The van der Waals surface area contributed by atoms with Gasteiger partial charge in [-0.3, -0.25) is 15.8 Å². The molecule has 36 heavy (non-hydrogen) atoms. The zero-order valence-electron chi connectivity index (χ0n) is 19.7. The van der Waals surface area contributed by atoms with Gasteiger partial charge in [0.2, 0.25) is 0 Å². The van der Waals surface area contributed by atoms with E-state index in [0.29, 0.717) is 19.1 Å². The zero-order valence-corrected chi connectivity index (χ0v) is 19.7. The third kappa shape index (κ3) is 8.94. The highest BCUT2D eigenvalue weighted by Gasteiger charge is 2.22. The predicted molar refractivity (Wildman–Crippen MR) is 137 cm³/mol. The molecule has 0 aromatic heterocycles. The van der Waals surface area contributed by atoms with Gasteiger partial charge in [-0.05, 0) is 16.7 Å². The summed E-state index contributed by atoms with van der Waals surface area (Å²) in [6.07, 6.45) is 0.679. The average Bonchev–Trinajstić information content (AvgIpc) is 2.90. The van der Waals surface area contributed by atoms with Gasteiger partial charge in [0.1, 0.15) is 24.8 Å². The number of nitrogens with two attached hydrogens (primary N) is 1. The lowest BCUT2D eigenvalue weighted by Gasteiger charge is -2.23. The van der Waals surface area contributed by atoms with Crippen molar-refractivity contribution in [2.24, 2.45) is 10.7 Å². The topological polar surface area (TPSA) is 135 Å². The number of amidine groups is 1. The van der Waals surface area contributed by atoms with E-state index in [-0.39, 0.29) is 12.4 Å². The molecule has 0 unspecified atom stereocenters. The van der Waals surface area contributed by atoms with Gasteiger partial charge >= 0.3 is 12.1 Å². The summed E-state index contributed by atoms with van der Waals surface area (Å²) >= 11 is 0. The fourth-order valence-electron chi connectivity index (χ4n) is 3.47. The predicted octanol–water partition coefficient (Wildman–Crippen LogP) is 2.91. The number of amides is 3. The number of carbonyl (C=O) groups is 3. The molecule has 5 N–H and O–H groups in total. The van der Waals surface area contributed by atoms with E-state index < -0.39 is 24.2 Å². The molecule has 0 saturated heterocycles. The third-order valence-corrected chi connectivity index (χ3v) is 5.18. The highest BCUT2D eigenvalue weighted by Crippen LogP contribution is 2.09. The molecular formula is C27H29N5O4. The van der Waals surface area contributed by atoms with Crippen molar-refractivity contribution in [2.45, 2.75) is 31.5 Å². The van der Waals surface area contributed by atoms with Crippen LogP contribution in [0.5, 0.6) is 0 Å². The second-order valence-corrected chi connectivity index (χ2v) is 7.97. The zero-order chi connectivity index (χ0) is 25.6. The van der Waals surface area contributed by atoms with E-state index in [9.17, 15) is 14.4 Å². The lowest BCUT2D eigenvalue weighted by atomic mass is 10.0. The first-order valence-corrected chi connectivity index (χ1v) is 11.4. The van der Waals surface area contributed by atoms with Gasteiger partial charge in [0, 0.05) is 12.8 Å². The number of carbonyl (C=O) groups excluding carboxylic acids is 3. The second-order valence-electron chi connectivity index (χ2n) is 7.97. The van der Waals surface area contributed by atoms with Gasteiger partial charge in [-0.1, -0.05) is 91.0 Å². The van der Waals surface area contributed by atoms with Crippen molar-refractivity contribution in [1.29, 1.82) is 0 Å². The molecule has 0 aliphatic carbocycles. The Bertz CT molecular complexity index is 1140. The number of primary amides is 1. The lowest BCUT2D eigenvalue weighted by molar-refractivity contribution is -0.108. The number of urea groups is 1. The molecule has 0 bridgehead atoms. The number of ether oxygens (including phenoxy) is 1. The van der Waals surface area contributed by atoms with Crippen molar-refractivity contribution < 1.29 is 19.1 Å². The number of rotatable bonds is 10. The highest BCUT2D eigenvalue weighted by atomic mass is 16.5. The number of hydrogen-bond donors (Lipinski definition) is 4. The second kappa shape index (κ2) is 13.9. The van der Waals surface area contributed by atoms with E-state index in [4.69, 9.17) is 10.5 Å². The van der Waals surface area contributed by atoms with Crippen LogP contribution in [0.15, 0.2) is 96.0 Å². The minimum absolute atomic E-state index is 0.0785. The first-order chi connectivity index (χ1) is 17.5. The van der Waals surface area contributed by atoms with E-state index in [1.54, 1.807) is 0 Å². The Morgan fingerprint density at radius 3 is 1.86 bits per heavy atom. The molecule has 0 heterocycles. The van der Waals surface area contributed by atoms with Crippen LogP contribution >= 0.6 is 0 Å². The van der Waals surface area contributed by atoms with Gasteiger partial charge in [0.05, 0.1) is 6.04 Å². The molecule has 0 radical (unpaired) electrons. The monoisotopic (exact) mass is 487 g/mol. The number of nitrogens with zero attached hydrogens (tertiary/aromatic N) is 1. The van der Waals surface area contributed by atoms with E-state index in [1.165, 1.54) is 0 Å². The maximum absolute atomic E-state index is 12.7. The molecule has 0 aliphatic rings. The Hall–Kier alpha value is -4.66. The Morgan fingerprint density at radius 1 is 0.806 bits per heavy atom. The van der Waals surface area contributed by atoms with E-state index in [1.807, 2.05) is 91.0 Å². The van der Waals surface area contributed by atoms with Gasteiger partial charge in [-0.2, -0.15) is 0 Å². The Kier molecular flexibility index (Phi) is 10.0. The number of nitrogens with one attached hydrogen (secondary N) is 3. The minimum Gasteiger partial charge on any atom is -0.445 e. The van der Waals surface area contributed by atoms with Crippen molar-refractivity contribution >= 4 is 24.2 Å². The molecule has 2 atom stereocenters. The van der Waals surface area contributed by atoms with Crippen molar-refractivity contribution in [3.8, 4) is 0 Å². The van der Waals surface area contributed by atoms with E-state index >= 15 is 0 Å². The van der Waals surface area contributed by atoms with E-state index in [0.717, 1.165) is 16.7 Å². The molecule has 9 heteroatoms. The minimum atomic E-state index is -0.849. The van der Waals surface area contributed by atoms with Gasteiger partial charge < -0.3 is 20.6 Å². The summed E-state index contributed by atoms with van der Waals surface area (Å²) in [5.74, 6) is 0.155. The number of hydrazine groups is 1. The van der Waals surface area contributed by atoms with Crippen LogP contribution in [0, 0.1) is 0 Å². The third-order valence-electron chi connectivity index (χ3n) is 5.18. The van der Waals surface area contributed by atoms with Gasteiger partial charge in [-0.15, -0.1) is 0 Å². The summed E-state index contributed by atoms with van der Waals surface area (Å²) in [5.41, 5.74) is 12.8. The van der Waals surface area contributed by atoms with Crippen molar-refractivity contribution in [3.05, 3.63) is 108 Å². The molecule has 9 nitrogen and oxygen atoms in total. The number of aldehydes is 1. The Morgan fingerprint density at radius 2 is 1.33 bits per heavy atom. The lowest BCUT2D eigenvalue weighted by Crippen LogP contribution is -2.54. The molecule has 0 fully saturated rings. The van der Waals surface area contributed by atoms with Crippen LogP contribution in [-0.4, -0.2) is 36.3 Å². The molecule has 3 amide bonds. The molecule has 186 valence electrons. The van der Waals surface area contributed by atoms with Gasteiger partial charge in [0.15, 0.2) is 0 Å². The SMILES string of the molecule is NC(=O)NNC(=N[C@H](C=O)Cc1ccccc1)[C@H](Cc1ccccc1)NC(=O)OCc1ccccc1. The smallest absolute Gasteiger partial charge is 0.408 e. The summed E-state index contributed by atoms with van der Waals surface area (Å²) in [4.78, 5) is 40.5. The van der Waals surface area contributed by atoms with Crippen molar-refractivity contribution in [3.63, 3.8) is 0 Å². The maximum atomic E-state index is 12.7. The number of alkyl carbamates (subject to hydrolysis) is 1. The largest absolute Gasteiger partial charge is 0.445 e. The maximum Gasteiger partial charge on any atom is 0.408 e. The molecule has 0 saturated carbocycles. The van der Waals surface area contributed by atoms with Crippen LogP contribution in [0.3, 0.4) is 0 Å². The standard InChI is InChI=1S/C27H29N5O4/c28-26(34)32-31-25(29-23(18-33)16-20-10-4-1-5-11-20)24(17-21-12-6-2-7-13-21)30-27(35)36-19-22-14-8-3-9-15-22/h1-15,18,23-24H,16-17,19H2,(H,29,31)(H,30,35)(H3,28,32,34)/t23-,24-/m0/s1. The normalized spacial score (nSPS) is 12.6. The molecule has 0 aliphatic heterocycles. The molecule has 3 aromatic rings. The number of aliphatic imine (C=N–C) groups is 1. The van der Waals surface area contributed by atoms with Crippen molar-refractivity contribution in [2.75, 3.05) is 0 Å². The highest BCUT2D eigenvalue weighted by molar-refractivity contribution is 5.92.